The maximum Gasteiger partial charge on any atom is 0.281 e. The van der Waals surface area contributed by atoms with Gasteiger partial charge in [0.1, 0.15) is 4.47 Å². The third kappa shape index (κ3) is 1.99. The van der Waals surface area contributed by atoms with Gasteiger partial charge in [-0.3, -0.25) is 9.89 Å². The van der Waals surface area contributed by atoms with Crippen LogP contribution in [-0.2, 0) is 0 Å². The molecule has 1 N–H and O–H groups in total. The smallest absolute Gasteiger partial charge is 0.281 e. The van der Waals surface area contributed by atoms with E-state index in [2.05, 4.69) is 34.9 Å². The van der Waals surface area contributed by atoms with Crippen LogP contribution in [0, 0.1) is 0 Å². The first-order chi connectivity index (χ1) is 7.65. The highest BCUT2D eigenvalue weighted by Crippen LogP contribution is 2.35. The summed E-state index contributed by atoms with van der Waals surface area (Å²) in [7, 11) is 0. The normalized spacial score (nSPS) is 19.2. The highest BCUT2D eigenvalue weighted by atomic mass is 79.9. The monoisotopic (exact) mass is 286 g/mol. The van der Waals surface area contributed by atoms with E-state index in [1.807, 2.05) is 0 Å². The minimum Gasteiger partial charge on any atom is -0.298 e. The van der Waals surface area contributed by atoms with Crippen molar-refractivity contribution in [1.82, 2.24) is 9.78 Å². The Morgan fingerprint density at radius 1 is 1.50 bits per heavy atom. The van der Waals surface area contributed by atoms with Gasteiger partial charge in [0.2, 0.25) is 0 Å². The number of halogens is 1. The molecule has 1 aliphatic carbocycles. The molecule has 1 aromatic heterocycles. The van der Waals surface area contributed by atoms with Crippen LogP contribution < -0.4 is 5.56 Å². The quantitative estimate of drug-likeness (QED) is 0.906. The lowest BCUT2D eigenvalue weighted by Crippen LogP contribution is -2.20. The summed E-state index contributed by atoms with van der Waals surface area (Å²) in [4.78, 5) is 12.0. The molecule has 1 unspecified atom stereocenters. The Balaban J connectivity index is 2.36. The Hall–Kier alpha value is -0.510. The number of H-pyrrole nitrogens is 1. The molecule has 0 aliphatic heterocycles. The number of hydrogen-bond donors (Lipinski definition) is 1. The molecule has 0 radical (unpaired) electrons. The second-order valence-electron chi connectivity index (χ2n) is 4.75. The van der Waals surface area contributed by atoms with Gasteiger partial charge in [-0.25, -0.2) is 4.68 Å². The van der Waals surface area contributed by atoms with Gasteiger partial charge in [-0.2, -0.15) is 0 Å². The van der Waals surface area contributed by atoms with E-state index in [1.54, 1.807) is 4.68 Å². The lowest BCUT2D eigenvalue weighted by molar-refractivity contribution is 0.457. The summed E-state index contributed by atoms with van der Waals surface area (Å²) in [6.45, 7) is 4.17. The van der Waals surface area contributed by atoms with E-state index in [0.29, 0.717) is 5.92 Å². The third-order valence-electron chi connectivity index (χ3n) is 3.68. The number of hydrogen-bond acceptors (Lipinski definition) is 1. The highest BCUT2D eigenvalue weighted by Gasteiger charge is 2.24. The average Bonchev–Trinajstić information content (AvgIpc) is 2.89. The molecule has 4 heteroatoms. The second kappa shape index (κ2) is 4.78. The zero-order chi connectivity index (χ0) is 11.7. The van der Waals surface area contributed by atoms with Crippen LogP contribution in [0.25, 0.3) is 0 Å². The Morgan fingerprint density at radius 3 is 2.69 bits per heavy atom. The van der Waals surface area contributed by atoms with Gasteiger partial charge in [-0.05, 0) is 42.1 Å². The SMILES string of the molecule is CCC(C)n1[nH]c(C2CCCC2)c(Br)c1=O. The van der Waals surface area contributed by atoms with Gasteiger partial charge in [0.05, 0.1) is 11.7 Å². The van der Waals surface area contributed by atoms with Crippen molar-refractivity contribution >= 4 is 15.9 Å². The summed E-state index contributed by atoms with van der Waals surface area (Å²) in [5.41, 5.74) is 1.21. The summed E-state index contributed by atoms with van der Waals surface area (Å²) in [5.74, 6) is 0.549. The molecule has 0 spiro atoms. The average molecular weight is 287 g/mol. The van der Waals surface area contributed by atoms with Crippen molar-refractivity contribution in [3.05, 3.63) is 20.5 Å². The van der Waals surface area contributed by atoms with Crippen LogP contribution in [0.5, 0.6) is 0 Å². The highest BCUT2D eigenvalue weighted by molar-refractivity contribution is 9.10. The topological polar surface area (TPSA) is 37.8 Å². The molecule has 3 nitrogen and oxygen atoms in total. The van der Waals surface area contributed by atoms with Crippen molar-refractivity contribution in [2.24, 2.45) is 0 Å². The Bertz CT molecular complexity index is 415. The van der Waals surface area contributed by atoms with Crippen LogP contribution >= 0.6 is 15.9 Å². The Morgan fingerprint density at radius 2 is 2.12 bits per heavy atom. The first kappa shape index (κ1) is 12.0. The van der Waals surface area contributed by atoms with Gasteiger partial charge in [0.15, 0.2) is 0 Å². The van der Waals surface area contributed by atoms with E-state index in [1.165, 1.54) is 25.7 Å². The molecule has 90 valence electrons. The Labute approximate surface area is 104 Å². The summed E-state index contributed by atoms with van der Waals surface area (Å²) >= 11 is 3.44. The molecule has 16 heavy (non-hydrogen) atoms. The summed E-state index contributed by atoms with van der Waals surface area (Å²) in [5, 5.41) is 3.30. The molecule has 2 rings (SSSR count). The van der Waals surface area contributed by atoms with Crippen LogP contribution in [0.3, 0.4) is 0 Å². The third-order valence-corrected chi connectivity index (χ3v) is 4.45. The van der Waals surface area contributed by atoms with E-state index in [9.17, 15) is 4.79 Å². The number of aromatic amines is 1. The van der Waals surface area contributed by atoms with E-state index in [-0.39, 0.29) is 11.6 Å². The van der Waals surface area contributed by atoms with Crippen molar-refractivity contribution < 1.29 is 0 Å². The zero-order valence-corrected chi connectivity index (χ0v) is 11.5. The van der Waals surface area contributed by atoms with E-state index in [4.69, 9.17) is 0 Å². The molecule has 1 fully saturated rings. The van der Waals surface area contributed by atoms with Crippen molar-refractivity contribution in [2.45, 2.75) is 57.9 Å². The minimum absolute atomic E-state index is 0.0938. The van der Waals surface area contributed by atoms with Gasteiger partial charge in [-0.1, -0.05) is 19.8 Å². The van der Waals surface area contributed by atoms with Gasteiger partial charge in [-0.15, -0.1) is 0 Å². The predicted octanol–water partition coefficient (Wildman–Crippen LogP) is 3.57. The van der Waals surface area contributed by atoms with Crippen LogP contribution in [0.4, 0.5) is 0 Å². The van der Waals surface area contributed by atoms with Gasteiger partial charge >= 0.3 is 0 Å². The first-order valence-corrected chi connectivity index (χ1v) is 6.94. The van der Waals surface area contributed by atoms with Gasteiger partial charge in [0, 0.05) is 5.92 Å². The number of rotatable bonds is 3. The molecule has 1 saturated carbocycles. The summed E-state index contributed by atoms with van der Waals surface area (Å²) < 4.78 is 2.51. The largest absolute Gasteiger partial charge is 0.298 e. The van der Waals surface area contributed by atoms with Crippen LogP contribution in [0.15, 0.2) is 9.27 Å². The lowest BCUT2D eigenvalue weighted by atomic mass is 10.1. The van der Waals surface area contributed by atoms with Gasteiger partial charge < -0.3 is 0 Å². The molecular weight excluding hydrogens is 268 g/mol. The van der Waals surface area contributed by atoms with Crippen molar-refractivity contribution in [3.8, 4) is 0 Å². The van der Waals surface area contributed by atoms with Crippen LogP contribution in [-0.4, -0.2) is 9.78 Å². The summed E-state index contributed by atoms with van der Waals surface area (Å²) in [6, 6.07) is 0.249. The standard InChI is InChI=1S/C12H19BrN2O/c1-3-8(2)15-12(16)10(13)11(14-15)9-6-4-5-7-9/h8-9,14H,3-7H2,1-2H3. The number of nitrogens with zero attached hydrogens (tertiary/aromatic N) is 1. The van der Waals surface area contributed by atoms with Crippen molar-refractivity contribution in [1.29, 1.82) is 0 Å². The van der Waals surface area contributed by atoms with Crippen LogP contribution in [0.2, 0.25) is 0 Å². The lowest BCUT2D eigenvalue weighted by Gasteiger charge is -2.10. The van der Waals surface area contributed by atoms with E-state index >= 15 is 0 Å². The molecule has 0 amide bonds. The maximum atomic E-state index is 12.0. The molecule has 1 aromatic rings. The first-order valence-electron chi connectivity index (χ1n) is 6.15. The molecule has 0 bridgehead atoms. The van der Waals surface area contributed by atoms with Crippen molar-refractivity contribution in [3.63, 3.8) is 0 Å². The second-order valence-corrected chi connectivity index (χ2v) is 5.55. The van der Waals surface area contributed by atoms with Crippen molar-refractivity contribution in [2.75, 3.05) is 0 Å². The molecule has 0 saturated heterocycles. The summed E-state index contributed by atoms with van der Waals surface area (Å²) in [6.07, 6.45) is 5.95. The molecular formula is C12H19BrN2O. The van der Waals surface area contributed by atoms with Crippen LogP contribution in [0.1, 0.15) is 63.6 Å². The molecule has 0 aromatic carbocycles. The number of aromatic nitrogens is 2. The fraction of sp³-hybridized carbons (Fsp3) is 0.750. The molecule has 1 atom stereocenters. The minimum atomic E-state index is 0.0938. The van der Waals surface area contributed by atoms with E-state index in [0.717, 1.165) is 16.6 Å². The fourth-order valence-corrected chi connectivity index (χ4v) is 3.03. The Kier molecular flexibility index (Phi) is 3.57. The zero-order valence-electron chi connectivity index (χ0n) is 9.92. The van der Waals surface area contributed by atoms with E-state index < -0.39 is 0 Å². The molecule has 1 heterocycles. The maximum absolute atomic E-state index is 12.0. The predicted molar refractivity (Wildman–Crippen MR) is 69.0 cm³/mol. The fourth-order valence-electron chi connectivity index (χ4n) is 2.43. The van der Waals surface area contributed by atoms with Gasteiger partial charge in [0.25, 0.3) is 5.56 Å². The number of nitrogens with one attached hydrogen (secondary N) is 1. The molecule has 1 aliphatic rings.